The molecule has 0 aliphatic carbocycles. The molecule has 0 amide bonds. The zero-order valence-corrected chi connectivity index (χ0v) is 11.7. The first-order valence-corrected chi connectivity index (χ1v) is 6.72. The fourth-order valence-corrected chi connectivity index (χ4v) is 2.31. The van der Waals surface area contributed by atoms with Gasteiger partial charge in [0.2, 0.25) is 0 Å². The third kappa shape index (κ3) is 2.78. The van der Waals surface area contributed by atoms with Crippen LogP contribution in [0, 0.1) is 21.7 Å². The molecule has 2 aromatic carbocycles. The van der Waals surface area contributed by atoms with E-state index in [1.54, 1.807) is 12.1 Å². The predicted molar refractivity (Wildman–Crippen MR) is 81.7 cm³/mol. The molecular formula is C17H10F2N2O2. The fraction of sp³-hybridized carbons (Fsp3) is 0. The lowest BCUT2D eigenvalue weighted by atomic mass is 10.0. The van der Waals surface area contributed by atoms with Crippen LogP contribution in [0.25, 0.3) is 22.4 Å². The molecule has 0 atom stereocenters. The molecule has 3 aromatic rings. The van der Waals surface area contributed by atoms with Crippen LogP contribution >= 0.6 is 0 Å². The SMILES string of the molecule is O=[N+]([O-])c1cnc(-c2ccccc2F)cc1-c1ccccc1F. The van der Waals surface area contributed by atoms with Crippen molar-refractivity contribution in [2.24, 2.45) is 0 Å². The second-order valence-corrected chi connectivity index (χ2v) is 4.80. The average molecular weight is 312 g/mol. The number of aromatic nitrogens is 1. The lowest BCUT2D eigenvalue weighted by Gasteiger charge is -2.08. The highest BCUT2D eigenvalue weighted by Crippen LogP contribution is 2.34. The summed E-state index contributed by atoms with van der Waals surface area (Å²) in [6, 6.07) is 13.0. The van der Waals surface area contributed by atoms with Crippen LogP contribution in [0.1, 0.15) is 0 Å². The minimum absolute atomic E-state index is 0.0568. The lowest BCUT2D eigenvalue weighted by Crippen LogP contribution is -1.97. The van der Waals surface area contributed by atoms with Crippen LogP contribution in [0.3, 0.4) is 0 Å². The molecule has 0 aliphatic heterocycles. The van der Waals surface area contributed by atoms with Gasteiger partial charge in [0.15, 0.2) is 0 Å². The van der Waals surface area contributed by atoms with Gasteiger partial charge in [0, 0.05) is 11.1 Å². The van der Waals surface area contributed by atoms with Gasteiger partial charge in [-0.25, -0.2) is 13.8 Å². The Morgan fingerprint density at radius 3 is 2.00 bits per heavy atom. The summed E-state index contributed by atoms with van der Waals surface area (Å²) >= 11 is 0. The van der Waals surface area contributed by atoms with Crippen LogP contribution in [0.15, 0.2) is 60.8 Å². The van der Waals surface area contributed by atoms with Gasteiger partial charge in [-0.05, 0) is 24.3 Å². The summed E-state index contributed by atoms with van der Waals surface area (Å²) in [4.78, 5) is 14.5. The molecule has 0 fully saturated rings. The molecule has 114 valence electrons. The molecule has 1 heterocycles. The van der Waals surface area contributed by atoms with Crippen molar-refractivity contribution in [3.63, 3.8) is 0 Å². The molecule has 1 aromatic heterocycles. The summed E-state index contributed by atoms with van der Waals surface area (Å²) in [5.74, 6) is -1.10. The summed E-state index contributed by atoms with van der Waals surface area (Å²) in [6.45, 7) is 0. The topological polar surface area (TPSA) is 56.0 Å². The second-order valence-electron chi connectivity index (χ2n) is 4.80. The van der Waals surface area contributed by atoms with E-state index in [1.165, 1.54) is 42.5 Å². The van der Waals surface area contributed by atoms with Gasteiger partial charge in [-0.15, -0.1) is 0 Å². The Labute approximate surface area is 130 Å². The van der Waals surface area contributed by atoms with Crippen molar-refractivity contribution >= 4 is 5.69 Å². The van der Waals surface area contributed by atoms with E-state index >= 15 is 0 Å². The fourth-order valence-electron chi connectivity index (χ4n) is 2.31. The van der Waals surface area contributed by atoms with E-state index in [0.717, 1.165) is 6.20 Å². The summed E-state index contributed by atoms with van der Waals surface area (Å²) < 4.78 is 27.9. The van der Waals surface area contributed by atoms with Crippen LogP contribution in [0.2, 0.25) is 0 Å². The highest BCUT2D eigenvalue weighted by molar-refractivity contribution is 5.78. The molecule has 0 saturated carbocycles. The number of hydrogen-bond acceptors (Lipinski definition) is 3. The van der Waals surface area contributed by atoms with Gasteiger partial charge in [0.25, 0.3) is 5.69 Å². The van der Waals surface area contributed by atoms with Crippen molar-refractivity contribution in [2.45, 2.75) is 0 Å². The number of nitrogens with zero attached hydrogens (tertiary/aromatic N) is 2. The van der Waals surface area contributed by atoms with Crippen LogP contribution in [0.5, 0.6) is 0 Å². The largest absolute Gasteiger partial charge is 0.295 e. The minimum Gasteiger partial charge on any atom is -0.258 e. The summed E-state index contributed by atoms with van der Waals surface area (Å²) in [7, 11) is 0. The number of rotatable bonds is 3. The molecule has 0 saturated heterocycles. The van der Waals surface area contributed by atoms with Crippen molar-refractivity contribution in [1.82, 2.24) is 4.98 Å². The van der Waals surface area contributed by atoms with Gasteiger partial charge < -0.3 is 0 Å². The van der Waals surface area contributed by atoms with Gasteiger partial charge >= 0.3 is 0 Å². The molecule has 23 heavy (non-hydrogen) atoms. The third-order valence-electron chi connectivity index (χ3n) is 3.39. The molecule has 0 radical (unpaired) electrons. The zero-order valence-electron chi connectivity index (χ0n) is 11.7. The Balaban J connectivity index is 2.25. The molecular weight excluding hydrogens is 302 g/mol. The maximum absolute atomic E-state index is 14.0. The van der Waals surface area contributed by atoms with E-state index in [2.05, 4.69) is 4.98 Å². The van der Waals surface area contributed by atoms with Crippen LogP contribution in [-0.4, -0.2) is 9.91 Å². The van der Waals surface area contributed by atoms with Crippen LogP contribution in [0.4, 0.5) is 14.5 Å². The van der Waals surface area contributed by atoms with E-state index in [1.807, 2.05) is 0 Å². The smallest absolute Gasteiger partial charge is 0.258 e. The molecule has 4 nitrogen and oxygen atoms in total. The first kappa shape index (κ1) is 14.8. The van der Waals surface area contributed by atoms with E-state index in [0.29, 0.717) is 0 Å². The highest BCUT2D eigenvalue weighted by atomic mass is 19.1. The molecule has 3 rings (SSSR count). The molecule has 0 spiro atoms. The van der Waals surface area contributed by atoms with Crippen molar-refractivity contribution in [2.75, 3.05) is 0 Å². The van der Waals surface area contributed by atoms with E-state index in [4.69, 9.17) is 0 Å². The monoisotopic (exact) mass is 312 g/mol. The number of hydrogen-bond donors (Lipinski definition) is 0. The number of halogens is 2. The minimum atomic E-state index is -0.639. The first-order chi connectivity index (χ1) is 11.1. The van der Waals surface area contributed by atoms with Gasteiger partial charge in [-0.2, -0.15) is 0 Å². The van der Waals surface area contributed by atoms with Crippen molar-refractivity contribution in [1.29, 1.82) is 0 Å². The van der Waals surface area contributed by atoms with Gasteiger partial charge in [0.05, 0.1) is 16.2 Å². The zero-order chi connectivity index (χ0) is 16.4. The van der Waals surface area contributed by atoms with Gasteiger partial charge in [-0.3, -0.25) is 10.1 Å². The van der Waals surface area contributed by atoms with E-state index in [-0.39, 0.29) is 28.1 Å². The Morgan fingerprint density at radius 1 is 0.870 bits per heavy atom. The number of pyridine rings is 1. The quantitative estimate of drug-likeness (QED) is 0.524. The lowest BCUT2D eigenvalue weighted by molar-refractivity contribution is -0.384. The van der Waals surface area contributed by atoms with E-state index in [9.17, 15) is 18.9 Å². The maximum atomic E-state index is 14.0. The highest BCUT2D eigenvalue weighted by Gasteiger charge is 2.20. The third-order valence-corrected chi connectivity index (χ3v) is 3.39. The second kappa shape index (κ2) is 5.92. The molecule has 6 heteroatoms. The van der Waals surface area contributed by atoms with E-state index < -0.39 is 16.6 Å². The Hall–Kier alpha value is -3.15. The Kier molecular flexibility index (Phi) is 3.80. The number of nitro groups is 1. The summed E-state index contributed by atoms with van der Waals surface area (Å²) in [5.41, 5.74) is 0.183. The van der Waals surface area contributed by atoms with Crippen molar-refractivity contribution < 1.29 is 13.7 Å². The molecule has 0 N–H and O–H groups in total. The molecule has 0 unspecified atom stereocenters. The molecule has 0 bridgehead atoms. The normalized spacial score (nSPS) is 10.5. The van der Waals surface area contributed by atoms with Crippen LogP contribution < -0.4 is 0 Å². The summed E-state index contributed by atoms with van der Waals surface area (Å²) in [5, 5.41) is 11.2. The Bertz CT molecular complexity index is 897. The first-order valence-electron chi connectivity index (χ1n) is 6.72. The predicted octanol–water partition coefficient (Wildman–Crippen LogP) is 4.60. The number of benzene rings is 2. The van der Waals surface area contributed by atoms with Gasteiger partial charge in [-0.1, -0.05) is 30.3 Å². The summed E-state index contributed by atoms with van der Waals surface area (Å²) in [6.07, 6.45) is 1.02. The maximum Gasteiger partial charge on any atom is 0.295 e. The standard InChI is InChI=1S/C17H10F2N2O2/c18-14-7-3-1-5-11(14)13-9-16(20-10-17(13)21(22)23)12-6-2-4-8-15(12)19/h1-10H. The van der Waals surface area contributed by atoms with Gasteiger partial charge in [0.1, 0.15) is 17.8 Å². The Morgan fingerprint density at radius 2 is 1.43 bits per heavy atom. The molecule has 0 aliphatic rings. The average Bonchev–Trinajstić information content (AvgIpc) is 2.55. The van der Waals surface area contributed by atoms with Crippen molar-refractivity contribution in [3.05, 3.63) is 82.5 Å². The van der Waals surface area contributed by atoms with Crippen LogP contribution in [-0.2, 0) is 0 Å². The van der Waals surface area contributed by atoms with Crippen molar-refractivity contribution in [3.8, 4) is 22.4 Å².